The number of rotatable bonds is 0. The van der Waals surface area contributed by atoms with E-state index in [-0.39, 0.29) is 6.41 Å². The lowest BCUT2D eigenvalue weighted by Gasteiger charge is -2.08. The number of nitrogens with two attached hydrogens (primary N) is 1. The first-order valence-electron chi connectivity index (χ1n) is 3.15. The monoisotopic (exact) mass is 131 g/mol. The summed E-state index contributed by atoms with van der Waals surface area (Å²) in [6.45, 7) is 2.00. The maximum absolute atomic E-state index is 8.58. The van der Waals surface area contributed by atoms with Crippen molar-refractivity contribution in [3.8, 4) is 0 Å². The largest absolute Gasteiger partial charge is 0.381 e. The average Bonchev–Trinajstić information content (AvgIpc) is 1.93. The topological polar surface area (TPSA) is 52.3 Å². The number of ether oxygens (including phenoxy) is 1. The van der Waals surface area contributed by atoms with Crippen LogP contribution in [-0.2, 0) is 9.53 Å². The summed E-state index contributed by atoms with van der Waals surface area (Å²) in [6, 6.07) is 0. The molecule has 1 saturated heterocycles. The third-order valence-electron chi connectivity index (χ3n) is 1.08. The van der Waals surface area contributed by atoms with Crippen LogP contribution >= 0.6 is 0 Å². The van der Waals surface area contributed by atoms with Crippen LogP contribution < -0.4 is 5.73 Å². The van der Waals surface area contributed by atoms with Gasteiger partial charge in [0.1, 0.15) is 0 Å². The van der Waals surface area contributed by atoms with Gasteiger partial charge in [-0.15, -0.1) is 0 Å². The Morgan fingerprint density at radius 2 is 1.67 bits per heavy atom. The summed E-state index contributed by atoms with van der Waals surface area (Å²) in [5.41, 5.74) is 4.17. The predicted octanol–water partition coefficient (Wildman–Crippen LogP) is 0.288. The van der Waals surface area contributed by atoms with Gasteiger partial charge < -0.3 is 10.5 Å². The molecule has 0 atom stereocenters. The number of primary amides is 1. The van der Waals surface area contributed by atoms with Crippen molar-refractivity contribution in [3.05, 3.63) is 0 Å². The van der Waals surface area contributed by atoms with Crippen molar-refractivity contribution in [2.75, 3.05) is 13.2 Å². The van der Waals surface area contributed by atoms with E-state index in [9.17, 15) is 0 Å². The lowest BCUT2D eigenvalue weighted by Crippen LogP contribution is -2.03. The number of amides is 1. The zero-order chi connectivity index (χ0) is 6.95. The number of carbonyl (C=O) groups excluding carboxylic acids is 1. The van der Waals surface area contributed by atoms with Crippen LogP contribution in [0.15, 0.2) is 0 Å². The molecular formula is C6H13NO2. The van der Waals surface area contributed by atoms with E-state index in [1.54, 1.807) is 0 Å². The molecule has 0 aromatic heterocycles. The molecule has 0 unspecified atom stereocenters. The Morgan fingerprint density at radius 1 is 1.22 bits per heavy atom. The highest BCUT2D eigenvalue weighted by Gasteiger charge is 1.94. The zero-order valence-electron chi connectivity index (χ0n) is 5.51. The summed E-state index contributed by atoms with van der Waals surface area (Å²) in [4.78, 5) is 8.58. The Bertz CT molecular complexity index is 50.6. The molecule has 0 spiro atoms. The molecule has 1 amide bonds. The molecule has 1 fully saturated rings. The second-order valence-electron chi connectivity index (χ2n) is 1.81. The Kier molecular flexibility index (Phi) is 6.96. The van der Waals surface area contributed by atoms with Crippen molar-refractivity contribution >= 4 is 6.41 Å². The Morgan fingerprint density at radius 3 is 1.78 bits per heavy atom. The lowest BCUT2D eigenvalue weighted by atomic mass is 10.2. The molecule has 0 aliphatic carbocycles. The molecule has 0 saturated carbocycles. The first-order valence-corrected chi connectivity index (χ1v) is 3.15. The predicted molar refractivity (Wildman–Crippen MR) is 34.9 cm³/mol. The molecule has 1 aliphatic heterocycles. The van der Waals surface area contributed by atoms with Gasteiger partial charge in [0.25, 0.3) is 0 Å². The van der Waals surface area contributed by atoms with Crippen LogP contribution in [0.5, 0.6) is 0 Å². The molecule has 0 aromatic rings. The summed E-state index contributed by atoms with van der Waals surface area (Å²) < 4.78 is 5.07. The number of hydrogen-bond donors (Lipinski definition) is 1. The Balaban J connectivity index is 0.000000187. The minimum Gasteiger partial charge on any atom is -0.381 e. The SMILES string of the molecule is C1CCOCC1.NC=O. The van der Waals surface area contributed by atoms with Crippen molar-refractivity contribution < 1.29 is 9.53 Å². The Hall–Kier alpha value is -0.570. The van der Waals surface area contributed by atoms with Crippen LogP contribution in [0.2, 0.25) is 0 Å². The molecule has 2 N–H and O–H groups in total. The van der Waals surface area contributed by atoms with Gasteiger partial charge in [-0.25, -0.2) is 0 Å². The summed E-state index contributed by atoms with van der Waals surface area (Å²) in [5.74, 6) is 0. The summed E-state index contributed by atoms with van der Waals surface area (Å²) in [5, 5.41) is 0. The van der Waals surface area contributed by atoms with Crippen LogP contribution in [0.3, 0.4) is 0 Å². The number of hydrogen-bond acceptors (Lipinski definition) is 2. The van der Waals surface area contributed by atoms with Crippen molar-refractivity contribution in [1.82, 2.24) is 0 Å². The first kappa shape index (κ1) is 8.43. The molecule has 54 valence electrons. The molecular weight excluding hydrogens is 118 g/mol. The van der Waals surface area contributed by atoms with Gasteiger partial charge in [0.15, 0.2) is 0 Å². The highest BCUT2D eigenvalue weighted by atomic mass is 16.5. The van der Waals surface area contributed by atoms with E-state index in [0.717, 1.165) is 13.2 Å². The van der Waals surface area contributed by atoms with Gasteiger partial charge in [0.2, 0.25) is 6.41 Å². The van der Waals surface area contributed by atoms with Gasteiger partial charge in [-0.2, -0.15) is 0 Å². The van der Waals surface area contributed by atoms with Crippen LogP contribution in [0.1, 0.15) is 19.3 Å². The van der Waals surface area contributed by atoms with E-state index in [2.05, 4.69) is 5.73 Å². The summed E-state index contributed by atoms with van der Waals surface area (Å²) in [7, 11) is 0. The van der Waals surface area contributed by atoms with E-state index in [1.807, 2.05) is 0 Å². The minimum atomic E-state index is 0.250. The third-order valence-corrected chi connectivity index (χ3v) is 1.08. The molecule has 3 nitrogen and oxygen atoms in total. The van der Waals surface area contributed by atoms with Gasteiger partial charge in [0.05, 0.1) is 0 Å². The molecule has 9 heavy (non-hydrogen) atoms. The molecule has 0 radical (unpaired) electrons. The smallest absolute Gasteiger partial charge is 0.204 e. The molecule has 1 rings (SSSR count). The second kappa shape index (κ2) is 7.43. The fourth-order valence-corrected chi connectivity index (χ4v) is 0.687. The van der Waals surface area contributed by atoms with Crippen molar-refractivity contribution in [2.45, 2.75) is 19.3 Å². The van der Waals surface area contributed by atoms with E-state index < -0.39 is 0 Å². The van der Waals surface area contributed by atoms with E-state index in [0.29, 0.717) is 0 Å². The molecule has 1 heterocycles. The maximum Gasteiger partial charge on any atom is 0.204 e. The van der Waals surface area contributed by atoms with Crippen molar-refractivity contribution in [2.24, 2.45) is 5.73 Å². The molecule has 0 bridgehead atoms. The maximum atomic E-state index is 8.58. The molecule has 0 aromatic carbocycles. The van der Waals surface area contributed by atoms with Gasteiger partial charge in [-0.05, 0) is 19.3 Å². The fourth-order valence-electron chi connectivity index (χ4n) is 0.687. The van der Waals surface area contributed by atoms with Crippen LogP contribution in [0.25, 0.3) is 0 Å². The second-order valence-corrected chi connectivity index (χ2v) is 1.81. The van der Waals surface area contributed by atoms with Gasteiger partial charge in [-0.3, -0.25) is 4.79 Å². The fraction of sp³-hybridized carbons (Fsp3) is 0.833. The summed E-state index contributed by atoms with van der Waals surface area (Å²) >= 11 is 0. The third kappa shape index (κ3) is 7.43. The van der Waals surface area contributed by atoms with E-state index >= 15 is 0 Å². The van der Waals surface area contributed by atoms with Crippen LogP contribution in [0, 0.1) is 0 Å². The minimum absolute atomic E-state index is 0.250. The quantitative estimate of drug-likeness (QED) is 0.480. The van der Waals surface area contributed by atoms with Gasteiger partial charge in [-0.1, -0.05) is 0 Å². The van der Waals surface area contributed by atoms with Gasteiger partial charge in [0, 0.05) is 13.2 Å². The van der Waals surface area contributed by atoms with Crippen molar-refractivity contribution in [3.63, 3.8) is 0 Å². The van der Waals surface area contributed by atoms with Gasteiger partial charge >= 0.3 is 0 Å². The zero-order valence-corrected chi connectivity index (χ0v) is 5.51. The van der Waals surface area contributed by atoms with Crippen LogP contribution in [0.4, 0.5) is 0 Å². The average molecular weight is 131 g/mol. The normalized spacial score (nSPS) is 17.3. The molecule has 3 heteroatoms. The standard InChI is InChI=1S/C5H10O.CH3NO/c1-2-4-6-5-3-1;2-1-3/h1-5H2;1H,(H2,2,3). The number of carbonyl (C=O) groups is 1. The highest BCUT2D eigenvalue weighted by Crippen LogP contribution is 2.01. The highest BCUT2D eigenvalue weighted by molar-refractivity contribution is 5.42. The van der Waals surface area contributed by atoms with E-state index in [4.69, 9.17) is 9.53 Å². The first-order chi connectivity index (χ1) is 4.41. The lowest BCUT2D eigenvalue weighted by molar-refractivity contribution is -0.106. The van der Waals surface area contributed by atoms with Crippen LogP contribution in [-0.4, -0.2) is 19.6 Å². The Labute approximate surface area is 55.2 Å². The van der Waals surface area contributed by atoms with E-state index in [1.165, 1.54) is 19.3 Å². The molecule has 1 aliphatic rings. The van der Waals surface area contributed by atoms with Crippen molar-refractivity contribution in [1.29, 1.82) is 0 Å². The summed E-state index contributed by atoms with van der Waals surface area (Å²) in [6.07, 6.45) is 4.18.